The minimum atomic E-state index is -0.557. The Morgan fingerprint density at radius 3 is 2.58 bits per heavy atom. The number of benzene rings is 1. The summed E-state index contributed by atoms with van der Waals surface area (Å²) in [6.07, 6.45) is 2.17. The van der Waals surface area contributed by atoms with Crippen molar-refractivity contribution in [2.45, 2.75) is 32.9 Å². The Balaban J connectivity index is 1.99. The number of aliphatic hydroxyl groups excluding tert-OH is 1. The van der Waals surface area contributed by atoms with Crippen molar-refractivity contribution < 1.29 is 9.84 Å². The molecule has 1 heterocycles. The van der Waals surface area contributed by atoms with Crippen LogP contribution in [0.1, 0.15) is 30.7 Å². The third-order valence-corrected chi connectivity index (χ3v) is 3.01. The molecule has 2 rings (SSSR count). The lowest BCUT2D eigenvalue weighted by Gasteiger charge is -2.13. The number of aliphatic hydroxyl groups is 1. The van der Waals surface area contributed by atoms with Crippen LogP contribution in [0.3, 0.4) is 0 Å². The zero-order chi connectivity index (χ0) is 13.7. The van der Waals surface area contributed by atoms with E-state index in [1.165, 1.54) is 0 Å². The summed E-state index contributed by atoms with van der Waals surface area (Å²) in [5.41, 5.74) is 1.92. The van der Waals surface area contributed by atoms with Gasteiger partial charge < -0.3 is 9.84 Å². The van der Waals surface area contributed by atoms with E-state index in [4.69, 9.17) is 4.74 Å². The van der Waals surface area contributed by atoms with Crippen molar-refractivity contribution in [3.8, 4) is 5.75 Å². The van der Waals surface area contributed by atoms with Gasteiger partial charge in [-0.05, 0) is 37.1 Å². The van der Waals surface area contributed by atoms with Gasteiger partial charge in [-0.15, -0.1) is 0 Å². The summed E-state index contributed by atoms with van der Waals surface area (Å²) >= 11 is 0. The van der Waals surface area contributed by atoms with Crippen LogP contribution in [0.4, 0.5) is 0 Å². The molecule has 0 bridgehead atoms. The molecule has 1 aromatic heterocycles. The Labute approximate surface area is 113 Å². The van der Waals surface area contributed by atoms with Gasteiger partial charge in [0.1, 0.15) is 5.75 Å². The van der Waals surface area contributed by atoms with Gasteiger partial charge in [0.15, 0.2) is 0 Å². The molecule has 1 unspecified atom stereocenters. The Morgan fingerprint density at radius 2 is 2.00 bits per heavy atom. The molecule has 0 amide bonds. The van der Waals surface area contributed by atoms with Crippen LogP contribution in [0, 0.1) is 6.92 Å². The summed E-state index contributed by atoms with van der Waals surface area (Å²) in [7, 11) is 0. The predicted molar refractivity (Wildman–Crippen MR) is 74.2 cm³/mol. The summed E-state index contributed by atoms with van der Waals surface area (Å²) in [6.45, 7) is 5.23. The number of hydrogen-bond acceptors (Lipinski definition) is 3. The minimum absolute atomic E-state index is 0.466. The molecule has 0 radical (unpaired) electrons. The summed E-state index contributed by atoms with van der Waals surface area (Å²) in [4.78, 5) is 0. The molecule has 4 heteroatoms. The zero-order valence-electron chi connectivity index (χ0n) is 11.4. The molecule has 4 nitrogen and oxygen atoms in total. The van der Waals surface area contributed by atoms with E-state index in [0.29, 0.717) is 13.2 Å². The van der Waals surface area contributed by atoms with E-state index in [9.17, 15) is 5.11 Å². The van der Waals surface area contributed by atoms with Gasteiger partial charge in [0.25, 0.3) is 0 Å². The van der Waals surface area contributed by atoms with Gasteiger partial charge in [-0.1, -0.05) is 19.1 Å². The number of hydrogen-bond donors (Lipinski definition) is 1. The maximum absolute atomic E-state index is 10.2. The lowest BCUT2D eigenvalue weighted by molar-refractivity contribution is 0.150. The van der Waals surface area contributed by atoms with Crippen molar-refractivity contribution in [1.82, 2.24) is 9.78 Å². The normalized spacial score (nSPS) is 12.4. The maximum atomic E-state index is 10.2. The number of rotatable bonds is 6. The smallest absolute Gasteiger partial charge is 0.119 e. The van der Waals surface area contributed by atoms with Crippen LogP contribution in [0.2, 0.25) is 0 Å². The van der Waals surface area contributed by atoms with Crippen molar-refractivity contribution in [2.24, 2.45) is 0 Å². The lowest BCUT2D eigenvalue weighted by atomic mass is 10.1. The summed E-state index contributed by atoms with van der Waals surface area (Å²) < 4.78 is 7.31. The second kappa shape index (κ2) is 6.38. The van der Waals surface area contributed by atoms with Crippen molar-refractivity contribution in [3.05, 3.63) is 47.8 Å². The van der Waals surface area contributed by atoms with Crippen molar-refractivity contribution in [1.29, 1.82) is 0 Å². The molecule has 0 saturated carbocycles. The van der Waals surface area contributed by atoms with Gasteiger partial charge in [0, 0.05) is 11.9 Å². The topological polar surface area (TPSA) is 47.3 Å². The quantitative estimate of drug-likeness (QED) is 0.868. The average Bonchev–Trinajstić information content (AvgIpc) is 2.82. The number of aryl methyl sites for hydroxylation is 1. The van der Waals surface area contributed by atoms with Gasteiger partial charge >= 0.3 is 0 Å². The standard InChI is InChI=1S/C15H20N2O2/c1-3-10-19-14-6-4-13(5-7-14)15(18)11-17-12(2)8-9-16-17/h4-9,15,18H,3,10-11H2,1-2H3. The minimum Gasteiger partial charge on any atom is -0.494 e. The Kier molecular flexibility index (Phi) is 4.58. The molecule has 102 valence electrons. The van der Waals surface area contributed by atoms with E-state index < -0.39 is 6.10 Å². The van der Waals surface area contributed by atoms with Gasteiger partial charge in [-0.25, -0.2) is 0 Å². The molecule has 2 aromatic rings. The highest BCUT2D eigenvalue weighted by Crippen LogP contribution is 2.19. The summed E-state index contributed by atoms with van der Waals surface area (Å²) in [5.74, 6) is 0.841. The first-order valence-corrected chi connectivity index (χ1v) is 6.60. The second-order valence-electron chi connectivity index (χ2n) is 4.59. The summed E-state index contributed by atoms with van der Waals surface area (Å²) in [6, 6.07) is 9.51. The van der Waals surface area contributed by atoms with Crippen molar-refractivity contribution in [2.75, 3.05) is 6.61 Å². The van der Waals surface area contributed by atoms with Crippen molar-refractivity contribution in [3.63, 3.8) is 0 Å². The van der Waals surface area contributed by atoms with Crippen LogP contribution < -0.4 is 4.74 Å². The molecule has 0 fully saturated rings. The fourth-order valence-corrected chi connectivity index (χ4v) is 1.87. The lowest BCUT2D eigenvalue weighted by Crippen LogP contribution is -2.11. The number of aromatic nitrogens is 2. The zero-order valence-corrected chi connectivity index (χ0v) is 11.4. The molecule has 0 aliphatic heterocycles. The van der Waals surface area contributed by atoms with Crippen LogP contribution in [-0.4, -0.2) is 21.5 Å². The van der Waals surface area contributed by atoms with Crippen molar-refractivity contribution >= 4 is 0 Å². The Hall–Kier alpha value is -1.81. The summed E-state index contributed by atoms with van der Waals surface area (Å²) in [5, 5.41) is 14.4. The average molecular weight is 260 g/mol. The van der Waals surface area contributed by atoms with E-state index in [-0.39, 0.29) is 0 Å². The molecule has 1 aromatic carbocycles. The van der Waals surface area contributed by atoms with Crippen LogP contribution >= 0.6 is 0 Å². The highest BCUT2D eigenvalue weighted by molar-refractivity contribution is 5.28. The van der Waals surface area contributed by atoms with Crippen LogP contribution in [0.5, 0.6) is 5.75 Å². The van der Waals surface area contributed by atoms with E-state index in [1.807, 2.05) is 37.3 Å². The molecular weight excluding hydrogens is 240 g/mol. The SMILES string of the molecule is CCCOc1ccc(C(O)Cn2nccc2C)cc1. The Morgan fingerprint density at radius 1 is 1.26 bits per heavy atom. The molecule has 0 spiro atoms. The first kappa shape index (κ1) is 13.6. The van der Waals surface area contributed by atoms with E-state index in [2.05, 4.69) is 12.0 Å². The first-order chi connectivity index (χ1) is 9.20. The highest BCUT2D eigenvalue weighted by atomic mass is 16.5. The molecular formula is C15H20N2O2. The van der Waals surface area contributed by atoms with Gasteiger partial charge in [0.05, 0.1) is 19.3 Å². The molecule has 0 aliphatic carbocycles. The van der Waals surface area contributed by atoms with E-state index in [1.54, 1.807) is 10.9 Å². The Bertz CT molecular complexity index is 505. The van der Waals surface area contributed by atoms with Crippen LogP contribution in [-0.2, 0) is 6.54 Å². The maximum Gasteiger partial charge on any atom is 0.119 e. The number of ether oxygens (including phenoxy) is 1. The van der Waals surface area contributed by atoms with Gasteiger partial charge in [-0.2, -0.15) is 5.10 Å². The molecule has 0 aliphatic rings. The number of nitrogens with zero attached hydrogens (tertiary/aromatic N) is 2. The van der Waals surface area contributed by atoms with Gasteiger partial charge in [0.2, 0.25) is 0 Å². The van der Waals surface area contributed by atoms with Gasteiger partial charge in [-0.3, -0.25) is 4.68 Å². The predicted octanol–water partition coefficient (Wildman–Crippen LogP) is 2.71. The fraction of sp³-hybridized carbons (Fsp3) is 0.400. The van der Waals surface area contributed by atoms with E-state index in [0.717, 1.165) is 23.4 Å². The second-order valence-corrected chi connectivity index (χ2v) is 4.59. The van der Waals surface area contributed by atoms with Crippen LogP contribution in [0.15, 0.2) is 36.5 Å². The molecule has 1 N–H and O–H groups in total. The highest BCUT2D eigenvalue weighted by Gasteiger charge is 2.10. The van der Waals surface area contributed by atoms with E-state index >= 15 is 0 Å². The third kappa shape index (κ3) is 3.58. The largest absolute Gasteiger partial charge is 0.494 e. The molecule has 0 saturated heterocycles. The third-order valence-electron chi connectivity index (χ3n) is 3.01. The monoisotopic (exact) mass is 260 g/mol. The molecule has 19 heavy (non-hydrogen) atoms. The van der Waals surface area contributed by atoms with Crippen LogP contribution in [0.25, 0.3) is 0 Å². The first-order valence-electron chi connectivity index (χ1n) is 6.60. The molecule has 1 atom stereocenters. The fourth-order valence-electron chi connectivity index (χ4n) is 1.87.